The number of ketones is 1. The lowest BCUT2D eigenvalue weighted by Crippen LogP contribution is -2.36. The molecule has 3 rings (SSSR count). The van der Waals surface area contributed by atoms with Crippen molar-refractivity contribution >= 4 is 35.5 Å². The highest BCUT2D eigenvalue weighted by Crippen LogP contribution is 2.32. The summed E-state index contributed by atoms with van der Waals surface area (Å²) in [4.78, 5) is 15.3. The van der Waals surface area contributed by atoms with E-state index >= 15 is 0 Å². The normalized spacial score (nSPS) is 14.3. The maximum absolute atomic E-state index is 12.9. The number of nitrogens with two attached hydrogens (primary N) is 1. The Morgan fingerprint density at radius 2 is 1.71 bits per heavy atom. The first kappa shape index (κ1) is 29.0. The van der Waals surface area contributed by atoms with Crippen LogP contribution in [0.2, 0.25) is 5.02 Å². The molecule has 1 aliphatic rings. The number of anilines is 1. The van der Waals surface area contributed by atoms with Gasteiger partial charge in [0.05, 0.1) is 31.5 Å². The summed E-state index contributed by atoms with van der Waals surface area (Å²) in [5, 5.41) is 0.421. The molecule has 2 N–H and O–H groups in total. The molecule has 0 radical (unpaired) electrons. The minimum atomic E-state index is 0. The summed E-state index contributed by atoms with van der Waals surface area (Å²) in [7, 11) is 4.93. The molecule has 1 saturated heterocycles. The van der Waals surface area contributed by atoms with Gasteiger partial charge in [-0.2, -0.15) is 0 Å². The van der Waals surface area contributed by atoms with Gasteiger partial charge in [0, 0.05) is 44.2 Å². The van der Waals surface area contributed by atoms with Crippen LogP contribution in [0.15, 0.2) is 30.3 Å². The van der Waals surface area contributed by atoms with Crippen LogP contribution in [-0.2, 0) is 22.6 Å². The summed E-state index contributed by atoms with van der Waals surface area (Å²) in [6.45, 7) is 3.98. The third-order valence-electron chi connectivity index (χ3n) is 6.21. The van der Waals surface area contributed by atoms with Crippen molar-refractivity contribution in [3.63, 3.8) is 0 Å². The van der Waals surface area contributed by atoms with Crippen molar-refractivity contribution in [2.45, 2.75) is 32.3 Å². The van der Waals surface area contributed by atoms with Crippen molar-refractivity contribution in [2.24, 2.45) is 5.92 Å². The fourth-order valence-corrected chi connectivity index (χ4v) is 4.42. The highest BCUT2D eigenvalue weighted by Gasteiger charge is 2.22. The standard InChI is InChI=1S/C26H35ClN2O5.ClH/c1-31-9-8-29-6-4-18(5-7-29)10-21(30)13-20-14-24(27)25(28)16-26(20)34-17-19-11-22(32-2)15-23(12-19)33-3;/h11-12,14-16,18H,4-10,13,17,28H2,1-3H3;1H. The van der Waals surface area contributed by atoms with Crippen LogP contribution in [0.25, 0.3) is 0 Å². The number of halogens is 2. The monoisotopic (exact) mass is 526 g/mol. The zero-order chi connectivity index (χ0) is 24.5. The van der Waals surface area contributed by atoms with Gasteiger partial charge in [0.2, 0.25) is 0 Å². The van der Waals surface area contributed by atoms with Crippen LogP contribution in [0, 0.1) is 5.92 Å². The Hall–Kier alpha value is -2.19. The summed E-state index contributed by atoms with van der Waals surface area (Å²) < 4.78 is 21.9. The first-order chi connectivity index (χ1) is 16.4. The second kappa shape index (κ2) is 14.4. The fraction of sp³-hybridized carbons (Fsp3) is 0.500. The van der Waals surface area contributed by atoms with Crippen LogP contribution in [-0.4, -0.2) is 58.3 Å². The van der Waals surface area contributed by atoms with Crippen LogP contribution in [0.4, 0.5) is 5.69 Å². The molecule has 0 spiro atoms. The zero-order valence-electron chi connectivity index (χ0n) is 20.7. The number of benzene rings is 2. The molecule has 0 aromatic heterocycles. The molecule has 0 aliphatic carbocycles. The van der Waals surface area contributed by atoms with E-state index in [1.54, 1.807) is 39.5 Å². The number of ether oxygens (including phenoxy) is 4. The molecular formula is C26H36Cl2N2O5. The number of rotatable bonds is 12. The van der Waals surface area contributed by atoms with Gasteiger partial charge >= 0.3 is 0 Å². The van der Waals surface area contributed by atoms with Gasteiger partial charge in [-0.05, 0) is 55.6 Å². The van der Waals surface area contributed by atoms with E-state index in [1.807, 2.05) is 12.1 Å². The lowest BCUT2D eigenvalue weighted by Gasteiger charge is -2.31. The lowest BCUT2D eigenvalue weighted by molar-refractivity contribution is -0.119. The number of methoxy groups -OCH3 is 3. The topological polar surface area (TPSA) is 83.3 Å². The van der Waals surface area contributed by atoms with Gasteiger partial charge in [0.25, 0.3) is 0 Å². The Bertz CT molecular complexity index is 943. The smallest absolute Gasteiger partial charge is 0.137 e. The van der Waals surface area contributed by atoms with Crippen molar-refractivity contribution < 1.29 is 23.7 Å². The summed E-state index contributed by atoms with van der Waals surface area (Å²) in [5.74, 6) is 2.51. The van der Waals surface area contributed by atoms with Crippen LogP contribution < -0.4 is 19.9 Å². The molecule has 194 valence electrons. The van der Waals surface area contributed by atoms with E-state index in [2.05, 4.69) is 4.90 Å². The van der Waals surface area contributed by atoms with E-state index in [1.165, 1.54) is 0 Å². The molecule has 1 fully saturated rings. The Kier molecular flexibility index (Phi) is 11.9. The molecule has 0 atom stereocenters. The molecule has 9 heteroatoms. The van der Waals surface area contributed by atoms with Crippen molar-refractivity contribution in [1.29, 1.82) is 0 Å². The second-order valence-electron chi connectivity index (χ2n) is 8.69. The van der Waals surface area contributed by atoms with Crippen molar-refractivity contribution in [3.8, 4) is 17.2 Å². The molecule has 0 unspecified atom stereocenters. The average molecular weight is 527 g/mol. The third kappa shape index (κ3) is 8.76. The van der Waals surface area contributed by atoms with Crippen molar-refractivity contribution in [3.05, 3.63) is 46.5 Å². The van der Waals surface area contributed by atoms with Crippen LogP contribution in [0.3, 0.4) is 0 Å². The van der Waals surface area contributed by atoms with Gasteiger partial charge in [0.15, 0.2) is 0 Å². The molecule has 0 bridgehead atoms. The minimum Gasteiger partial charge on any atom is -0.497 e. The quantitative estimate of drug-likeness (QED) is 0.397. The molecule has 35 heavy (non-hydrogen) atoms. The van der Waals surface area contributed by atoms with Crippen LogP contribution in [0.5, 0.6) is 17.2 Å². The number of Topliss-reactive ketones (excluding diaryl/α,β-unsaturated/α-hetero) is 1. The summed E-state index contributed by atoms with van der Waals surface area (Å²) in [6, 6.07) is 8.99. The van der Waals surface area contributed by atoms with Gasteiger partial charge in [-0.25, -0.2) is 0 Å². The van der Waals surface area contributed by atoms with E-state index < -0.39 is 0 Å². The number of hydrogen-bond donors (Lipinski definition) is 1. The molecule has 2 aromatic rings. The van der Waals surface area contributed by atoms with Gasteiger partial charge < -0.3 is 29.6 Å². The highest BCUT2D eigenvalue weighted by atomic mass is 35.5. The summed E-state index contributed by atoms with van der Waals surface area (Å²) >= 11 is 6.27. The summed E-state index contributed by atoms with van der Waals surface area (Å²) in [6.07, 6.45) is 2.88. The molecule has 1 aliphatic heterocycles. The third-order valence-corrected chi connectivity index (χ3v) is 6.54. The van der Waals surface area contributed by atoms with E-state index in [0.29, 0.717) is 40.3 Å². The van der Waals surface area contributed by atoms with Gasteiger partial charge in [-0.3, -0.25) is 4.79 Å². The maximum atomic E-state index is 12.9. The Balaban J connectivity index is 0.00000432. The average Bonchev–Trinajstić information content (AvgIpc) is 2.84. The zero-order valence-corrected chi connectivity index (χ0v) is 22.3. The number of likely N-dealkylation sites (tertiary alicyclic amines) is 1. The molecule has 0 saturated carbocycles. The summed E-state index contributed by atoms with van der Waals surface area (Å²) in [5.41, 5.74) is 8.07. The number of hydrogen-bond acceptors (Lipinski definition) is 7. The minimum absolute atomic E-state index is 0. The number of carbonyl (C=O) groups is 1. The molecular weight excluding hydrogens is 491 g/mol. The molecule has 0 amide bonds. The number of carbonyl (C=O) groups excluding carboxylic acids is 1. The fourth-order valence-electron chi connectivity index (χ4n) is 4.23. The first-order valence-corrected chi connectivity index (χ1v) is 11.9. The SMILES string of the molecule is COCCN1CCC(CC(=O)Cc2cc(Cl)c(N)cc2OCc2cc(OC)cc(OC)c2)CC1.Cl. The molecule has 7 nitrogen and oxygen atoms in total. The Labute approximate surface area is 219 Å². The number of nitrogens with zero attached hydrogens (tertiary/aromatic N) is 1. The second-order valence-corrected chi connectivity index (χ2v) is 9.10. The van der Waals surface area contributed by atoms with E-state index in [9.17, 15) is 4.79 Å². The Morgan fingerprint density at radius 1 is 1.06 bits per heavy atom. The van der Waals surface area contributed by atoms with Crippen molar-refractivity contribution in [1.82, 2.24) is 4.90 Å². The number of nitrogen functional groups attached to an aromatic ring is 1. The van der Waals surface area contributed by atoms with E-state index in [-0.39, 0.29) is 31.2 Å². The van der Waals surface area contributed by atoms with Gasteiger partial charge in [-0.1, -0.05) is 11.6 Å². The largest absolute Gasteiger partial charge is 0.497 e. The van der Waals surface area contributed by atoms with Crippen LogP contribution >= 0.6 is 24.0 Å². The molecule has 2 aromatic carbocycles. The van der Waals surface area contributed by atoms with E-state index in [4.69, 9.17) is 36.3 Å². The Morgan fingerprint density at radius 3 is 2.31 bits per heavy atom. The van der Waals surface area contributed by atoms with Crippen molar-refractivity contribution in [2.75, 3.05) is 53.3 Å². The lowest BCUT2D eigenvalue weighted by atomic mass is 9.90. The van der Waals surface area contributed by atoms with Gasteiger partial charge in [-0.15, -0.1) is 12.4 Å². The molecule has 1 heterocycles. The van der Waals surface area contributed by atoms with Gasteiger partial charge in [0.1, 0.15) is 29.6 Å². The first-order valence-electron chi connectivity index (χ1n) is 11.6. The number of piperidine rings is 1. The predicted molar refractivity (Wildman–Crippen MR) is 141 cm³/mol. The van der Waals surface area contributed by atoms with Crippen LogP contribution in [0.1, 0.15) is 30.4 Å². The predicted octanol–water partition coefficient (Wildman–Crippen LogP) is 4.80. The highest BCUT2D eigenvalue weighted by molar-refractivity contribution is 6.33. The van der Waals surface area contributed by atoms with E-state index in [0.717, 1.165) is 50.2 Å². The maximum Gasteiger partial charge on any atom is 0.137 e.